The molecule has 2 atom stereocenters. The van der Waals surface area contributed by atoms with Gasteiger partial charge in [0.2, 0.25) is 11.8 Å². The van der Waals surface area contributed by atoms with Gasteiger partial charge in [-0.25, -0.2) is 0 Å². The van der Waals surface area contributed by atoms with Crippen molar-refractivity contribution >= 4 is 48.0 Å². The molecule has 2 unspecified atom stereocenters. The number of benzene rings is 1. The number of halogens is 2. The fourth-order valence-corrected chi connectivity index (χ4v) is 3.41. The Morgan fingerprint density at radius 3 is 2.61 bits per heavy atom. The Hall–Kier alpha value is -2.45. The van der Waals surface area contributed by atoms with Crippen molar-refractivity contribution in [3.05, 3.63) is 36.2 Å². The second kappa shape index (κ2) is 9.66. The number of rotatable bonds is 4. The lowest BCUT2D eigenvalue weighted by atomic mass is 9.85. The predicted molar refractivity (Wildman–Crippen MR) is 112 cm³/mol. The number of nitrogen functional groups attached to an aromatic ring is 1. The van der Waals surface area contributed by atoms with E-state index in [4.69, 9.17) is 10.5 Å². The average Bonchev–Trinajstić information content (AvgIpc) is 3.03. The van der Waals surface area contributed by atoms with Gasteiger partial charge in [-0.1, -0.05) is 0 Å². The van der Waals surface area contributed by atoms with E-state index in [1.807, 2.05) is 13.2 Å². The smallest absolute Gasteiger partial charge is 0.229 e. The van der Waals surface area contributed by atoms with Crippen molar-refractivity contribution in [2.75, 3.05) is 25.2 Å². The maximum Gasteiger partial charge on any atom is 0.229 e. The van der Waals surface area contributed by atoms with E-state index < -0.39 is 0 Å². The molecule has 28 heavy (non-hydrogen) atoms. The van der Waals surface area contributed by atoms with Gasteiger partial charge in [0.15, 0.2) is 0 Å². The molecular weight excluding hydrogens is 405 g/mol. The Morgan fingerprint density at radius 1 is 1.32 bits per heavy atom. The summed E-state index contributed by atoms with van der Waals surface area (Å²) < 4.78 is 6.80. The number of ether oxygens (including phenoxy) is 1. The first-order chi connectivity index (χ1) is 12.4. The number of nitrogens with one attached hydrogen (secondary N) is 1. The summed E-state index contributed by atoms with van der Waals surface area (Å²) in [6.45, 7) is 0. The van der Waals surface area contributed by atoms with Crippen molar-refractivity contribution in [3.63, 3.8) is 0 Å². The molecule has 3 N–H and O–H groups in total. The average molecular weight is 430 g/mol. The zero-order chi connectivity index (χ0) is 18.8. The molecule has 1 fully saturated rings. The van der Waals surface area contributed by atoms with Crippen LogP contribution in [0.25, 0.3) is 0 Å². The molecule has 2 heterocycles. The van der Waals surface area contributed by atoms with E-state index in [1.54, 1.807) is 41.0 Å². The monoisotopic (exact) mass is 429 g/mol. The maximum atomic E-state index is 12.9. The summed E-state index contributed by atoms with van der Waals surface area (Å²) in [5, 5.41) is 7.08. The topological polar surface area (TPSA) is 102 Å². The van der Waals surface area contributed by atoms with Crippen molar-refractivity contribution < 1.29 is 14.3 Å². The van der Waals surface area contributed by atoms with E-state index in [1.165, 1.54) is 7.11 Å². The molecule has 1 aromatic carbocycles. The first kappa shape index (κ1) is 23.6. The van der Waals surface area contributed by atoms with Gasteiger partial charge in [-0.3, -0.25) is 14.3 Å². The number of carbonyl (C=O) groups excluding carboxylic acids is 2. The number of likely N-dealkylation sites (tertiary alicyclic amines) is 1. The third kappa shape index (κ3) is 4.69. The van der Waals surface area contributed by atoms with Crippen molar-refractivity contribution in [3.8, 4) is 5.75 Å². The minimum absolute atomic E-state index is 0. The van der Waals surface area contributed by atoms with Crippen molar-refractivity contribution in [2.45, 2.75) is 18.9 Å². The van der Waals surface area contributed by atoms with Gasteiger partial charge >= 0.3 is 0 Å². The normalized spacial score (nSPS) is 18.7. The molecule has 1 aliphatic heterocycles. The Labute approximate surface area is 176 Å². The summed E-state index contributed by atoms with van der Waals surface area (Å²) >= 11 is 0. The van der Waals surface area contributed by atoms with E-state index in [2.05, 4.69) is 10.4 Å². The van der Waals surface area contributed by atoms with Crippen LogP contribution in [0.15, 0.2) is 30.6 Å². The van der Waals surface area contributed by atoms with Gasteiger partial charge in [0.1, 0.15) is 5.75 Å². The fourth-order valence-electron chi connectivity index (χ4n) is 3.41. The molecule has 154 valence electrons. The zero-order valence-electron chi connectivity index (χ0n) is 15.9. The first-order valence-corrected chi connectivity index (χ1v) is 8.39. The van der Waals surface area contributed by atoms with Gasteiger partial charge in [0, 0.05) is 38.0 Å². The van der Waals surface area contributed by atoms with Crippen molar-refractivity contribution in [2.24, 2.45) is 13.0 Å². The van der Waals surface area contributed by atoms with Crippen molar-refractivity contribution in [1.29, 1.82) is 0 Å². The summed E-state index contributed by atoms with van der Waals surface area (Å²) in [5.41, 5.74) is 7.80. The van der Waals surface area contributed by atoms with E-state index in [9.17, 15) is 9.59 Å². The maximum absolute atomic E-state index is 12.9. The Morgan fingerprint density at radius 2 is 2.04 bits per heavy atom. The molecule has 1 aromatic heterocycles. The molecular formula is C18H25Cl2N5O3. The number of hydrogen-bond donors (Lipinski definition) is 2. The van der Waals surface area contributed by atoms with Crippen molar-refractivity contribution in [1.82, 2.24) is 14.7 Å². The lowest BCUT2D eigenvalue weighted by molar-refractivity contribution is -0.140. The van der Waals surface area contributed by atoms with Crippen LogP contribution in [-0.2, 0) is 16.6 Å². The van der Waals surface area contributed by atoms with Gasteiger partial charge in [-0.2, -0.15) is 5.10 Å². The van der Waals surface area contributed by atoms with Crippen LogP contribution in [0.5, 0.6) is 5.75 Å². The van der Waals surface area contributed by atoms with E-state index in [0.29, 0.717) is 30.0 Å². The first-order valence-electron chi connectivity index (χ1n) is 8.39. The van der Waals surface area contributed by atoms with Crippen LogP contribution in [0.3, 0.4) is 0 Å². The van der Waals surface area contributed by atoms with Gasteiger partial charge < -0.3 is 20.7 Å². The Kier molecular flexibility index (Phi) is 8.14. The molecule has 8 nitrogen and oxygen atoms in total. The minimum Gasteiger partial charge on any atom is -0.495 e. The molecule has 0 aliphatic carbocycles. The van der Waals surface area contributed by atoms with Crippen LogP contribution >= 0.6 is 24.8 Å². The molecule has 10 heteroatoms. The molecule has 0 bridgehead atoms. The molecule has 1 saturated heterocycles. The number of hydrogen-bond acceptors (Lipinski definition) is 5. The largest absolute Gasteiger partial charge is 0.495 e. The van der Waals surface area contributed by atoms with Crippen LogP contribution in [0.4, 0.5) is 11.4 Å². The second-order valence-corrected chi connectivity index (χ2v) is 6.49. The standard InChI is InChI=1S/C18H23N5O3.2ClH/c1-22-10-11(9-20-22)17-13(5-7-16(24)23(17)2)18(25)21-12-4-6-15(26-3)14(19)8-12;;/h4,6,8-10,13,17H,5,7,19H2,1-3H3,(H,21,25);2*1H. The summed E-state index contributed by atoms with van der Waals surface area (Å²) in [5.74, 6) is 0.0591. The molecule has 2 aromatic rings. The quantitative estimate of drug-likeness (QED) is 0.726. The third-order valence-electron chi connectivity index (χ3n) is 4.76. The van der Waals surface area contributed by atoms with E-state index >= 15 is 0 Å². The lowest BCUT2D eigenvalue weighted by Crippen LogP contribution is -2.44. The number of carbonyl (C=O) groups is 2. The highest BCUT2D eigenvalue weighted by atomic mass is 35.5. The number of anilines is 2. The van der Waals surface area contributed by atoms with Crippen LogP contribution < -0.4 is 15.8 Å². The third-order valence-corrected chi connectivity index (χ3v) is 4.76. The highest BCUT2D eigenvalue weighted by Crippen LogP contribution is 2.36. The van der Waals surface area contributed by atoms with Crippen LogP contribution in [0.2, 0.25) is 0 Å². The number of piperidine rings is 1. The Bertz CT molecular complexity index is 842. The lowest BCUT2D eigenvalue weighted by Gasteiger charge is -2.37. The summed E-state index contributed by atoms with van der Waals surface area (Å²) in [7, 11) is 5.07. The highest BCUT2D eigenvalue weighted by molar-refractivity contribution is 5.95. The van der Waals surface area contributed by atoms with Gasteiger partial charge in [0.25, 0.3) is 0 Å². The highest BCUT2D eigenvalue weighted by Gasteiger charge is 2.39. The van der Waals surface area contributed by atoms with Crippen LogP contribution in [-0.4, -0.2) is 40.7 Å². The summed E-state index contributed by atoms with van der Waals surface area (Å²) in [6, 6.07) is 4.76. The van der Waals surface area contributed by atoms with Gasteiger partial charge in [-0.05, 0) is 24.6 Å². The molecule has 3 rings (SSSR count). The molecule has 0 radical (unpaired) electrons. The summed E-state index contributed by atoms with van der Waals surface area (Å²) in [6.07, 6.45) is 4.37. The molecule has 0 spiro atoms. The summed E-state index contributed by atoms with van der Waals surface area (Å²) in [4.78, 5) is 26.7. The zero-order valence-corrected chi connectivity index (χ0v) is 17.5. The van der Waals surface area contributed by atoms with E-state index in [0.717, 1.165) is 5.56 Å². The van der Waals surface area contributed by atoms with E-state index in [-0.39, 0.29) is 48.6 Å². The number of methoxy groups -OCH3 is 1. The number of nitrogens with two attached hydrogens (primary N) is 1. The van der Waals surface area contributed by atoms with Gasteiger partial charge in [-0.15, -0.1) is 24.8 Å². The molecule has 2 amide bonds. The number of aryl methyl sites for hydroxylation is 1. The fraction of sp³-hybridized carbons (Fsp3) is 0.389. The number of aromatic nitrogens is 2. The minimum atomic E-state index is -0.370. The second-order valence-electron chi connectivity index (χ2n) is 6.49. The Balaban J connectivity index is 0.00000196. The number of amides is 2. The van der Waals surface area contributed by atoms with Crippen LogP contribution in [0, 0.1) is 5.92 Å². The SMILES string of the molecule is COc1ccc(NC(=O)C2CCC(=O)N(C)C2c2cnn(C)c2)cc1N.Cl.Cl. The molecule has 1 aliphatic rings. The van der Waals surface area contributed by atoms with Crippen LogP contribution in [0.1, 0.15) is 24.4 Å². The molecule has 0 saturated carbocycles. The number of nitrogens with zero attached hydrogens (tertiary/aromatic N) is 3. The van der Waals surface area contributed by atoms with Gasteiger partial charge in [0.05, 0.1) is 31.0 Å². The predicted octanol–water partition coefficient (Wildman–Crippen LogP) is 2.40.